The third-order valence-electron chi connectivity index (χ3n) is 4.37. The van der Waals surface area contributed by atoms with Gasteiger partial charge in [0.05, 0.1) is 6.04 Å². The largest absolute Gasteiger partial charge is 0.444 e. The van der Waals surface area contributed by atoms with Crippen molar-refractivity contribution in [3.63, 3.8) is 0 Å². The SMILES string of the molecule is CC(C)(C)OC(=O)N1CCC(CO)C(CO)C1c1ccc(F)cc1. The summed E-state index contributed by atoms with van der Waals surface area (Å²) in [5.41, 5.74) is 0.0897. The zero-order valence-corrected chi connectivity index (χ0v) is 14.4. The van der Waals surface area contributed by atoms with Crippen LogP contribution in [0.2, 0.25) is 0 Å². The number of carbonyl (C=O) groups excluding carboxylic acids is 1. The topological polar surface area (TPSA) is 70.0 Å². The van der Waals surface area contributed by atoms with Crippen molar-refractivity contribution in [3.05, 3.63) is 35.6 Å². The van der Waals surface area contributed by atoms with E-state index in [0.717, 1.165) is 5.56 Å². The number of piperidine rings is 1. The molecule has 2 rings (SSSR count). The summed E-state index contributed by atoms with van der Waals surface area (Å²) in [6.07, 6.45) is 0.116. The van der Waals surface area contributed by atoms with Gasteiger partial charge in [-0.25, -0.2) is 9.18 Å². The zero-order valence-electron chi connectivity index (χ0n) is 14.4. The van der Waals surface area contributed by atoms with Crippen molar-refractivity contribution in [2.45, 2.75) is 38.8 Å². The lowest BCUT2D eigenvalue weighted by Gasteiger charge is -2.44. The van der Waals surface area contributed by atoms with Crippen LogP contribution in [0.5, 0.6) is 0 Å². The third-order valence-corrected chi connectivity index (χ3v) is 4.37. The van der Waals surface area contributed by atoms with Gasteiger partial charge in [-0.15, -0.1) is 0 Å². The molecule has 1 aliphatic rings. The highest BCUT2D eigenvalue weighted by Crippen LogP contribution is 2.40. The Bertz CT molecular complexity index is 555. The molecule has 5 nitrogen and oxygen atoms in total. The predicted molar refractivity (Wildman–Crippen MR) is 87.8 cm³/mol. The van der Waals surface area contributed by atoms with Crippen LogP contribution in [0.4, 0.5) is 9.18 Å². The van der Waals surface area contributed by atoms with E-state index in [1.54, 1.807) is 37.8 Å². The molecule has 24 heavy (non-hydrogen) atoms. The van der Waals surface area contributed by atoms with Crippen LogP contribution in [-0.2, 0) is 4.74 Å². The molecule has 1 aromatic carbocycles. The second kappa shape index (κ2) is 7.49. The van der Waals surface area contributed by atoms with E-state index in [1.165, 1.54) is 12.1 Å². The molecule has 0 bridgehead atoms. The summed E-state index contributed by atoms with van der Waals surface area (Å²) in [5, 5.41) is 19.5. The van der Waals surface area contributed by atoms with Gasteiger partial charge in [0.1, 0.15) is 11.4 Å². The fraction of sp³-hybridized carbons (Fsp3) is 0.611. The number of aliphatic hydroxyl groups is 2. The molecule has 0 spiro atoms. The molecule has 134 valence electrons. The molecule has 1 fully saturated rings. The first kappa shape index (κ1) is 18.7. The number of benzene rings is 1. The third kappa shape index (κ3) is 4.24. The molecule has 1 aromatic rings. The molecular weight excluding hydrogens is 313 g/mol. The normalized spacial score (nSPS) is 24.8. The molecule has 0 radical (unpaired) electrons. The second-order valence-electron chi connectivity index (χ2n) is 7.25. The molecule has 1 amide bonds. The van der Waals surface area contributed by atoms with Gasteiger partial charge in [-0.05, 0) is 50.8 Å². The molecule has 1 saturated heterocycles. The number of halogens is 1. The van der Waals surface area contributed by atoms with Crippen molar-refractivity contribution in [1.29, 1.82) is 0 Å². The summed E-state index contributed by atoms with van der Waals surface area (Å²) in [4.78, 5) is 14.2. The minimum atomic E-state index is -0.632. The number of hydrogen-bond acceptors (Lipinski definition) is 4. The Kier molecular flexibility index (Phi) is 5.83. The van der Waals surface area contributed by atoms with Crippen LogP contribution in [-0.4, -0.2) is 46.6 Å². The first-order valence-electron chi connectivity index (χ1n) is 8.23. The summed E-state index contributed by atoms with van der Waals surface area (Å²) in [7, 11) is 0. The molecule has 3 unspecified atom stereocenters. The Labute approximate surface area is 142 Å². The number of aliphatic hydroxyl groups excluding tert-OH is 2. The number of ether oxygens (including phenoxy) is 1. The van der Waals surface area contributed by atoms with E-state index in [1.807, 2.05) is 0 Å². The second-order valence-corrected chi connectivity index (χ2v) is 7.25. The first-order chi connectivity index (χ1) is 11.3. The number of rotatable bonds is 3. The average molecular weight is 339 g/mol. The molecule has 2 N–H and O–H groups in total. The molecule has 6 heteroatoms. The van der Waals surface area contributed by atoms with Gasteiger partial charge in [0.2, 0.25) is 0 Å². The van der Waals surface area contributed by atoms with Crippen LogP contribution in [0.1, 0.15) is 38.8 Å². The van der Waals surface area contributed by atoms with E-state index in [0.29, 0.717) is 13.0 Å². The van der Waals surface area contributed by atoms with Crippen molar-refractivity contribution in [2.24, 2.45) is 11.8 Å². The van der Waals surface area contributed by atoms with E-state index in [2.05, 4.69) is 0 Å². The number of hydrogen-bond donors (Lipinski definition) is 2. The molecule has 1 aliphatic heterocycles. The van der Waals surface area contributed by atoms with E-state index < -0.39 is 17.7 Å². The monoisotopic (exact) mass is 339 g/mol. The highest BCUT2D eigenvalue weighted by molar-refractivity contribution is 5.69. The Morgan fingerprint density at radius 1 is 1.25 bits per heavy atom. The van der Waals surface area contributed by atoms with Gasteiger partial charge in [-0.3, -0.25) is 0 Å². The molecule has 0 aliphatic carbocycles. The molecular formula is C18H26FNO4. The van der Waals surface area contributed by atoms with Crippen molar-refractivity contribution < 1.29 is 24.1 Å². The Balaban J connectivity index is 2.36. The number of carbonyl (C=O) groups is 1. The minimum Gasteiger partial charge on any atom is -0.444 e. The van der Waals surface area contributed by atoms with E-state index in [-0.39, 0.29) is 30.9 Å². The quantitative estimate of drug-likeness (QED) is 0.888. The predicted octanol–water partition coefficient (Wildman–Crippen LogP) is 2.72. The van der Waals surface area contributed by atoms with Gasteiger partial charge in [0.15, 0.2) is 0 Å². The fourth-order valence-corrected chi connectivity index (χ4v) is 3.24. The maximum absolute atomic E-state index is 13.3. The summed E-state index contributed by atoms with van der Waals surface area (Å²) >= 11 is 0. The Morgan fingerprint density at radius 3 is 2.38 bits per heavy atom. The van der Waals surface area contributed by atoms with E-state index in [4.69, 9.17) is 4.74 Å². The van der Waals surface area contributed by atoms with Crippen molar-refractivity contribution in [2.75, 3.05) is 19.8 Å². The van der Waals surface area contributed by atoms with Gasteiger partial charge >= 0.3 is 6.09 Å². The lowest BCUT2D eigenvalue weighted by atomic mass is 9.77. The molecule has 1 heterocycles. The maximum Gasteiger partial charge on any atom is 0.410 e. The Hall–Kier alpha value is -1.66. The summed E-state index contributed by atoms with van der Waals surface area (Å²) < 4.78 is 18.7. The van der Waals surface area contributed by atoms with Crippen LogP contribution >= 0.6 is 0 Å². The molecule has 0 aromatic heterocycles. The lowest BCUT2D eigenvalue weighted by molar-refractivity contribution is -0.0318. The number of likely N-dealkylation sites (tertiary alicyclic amines) is 1. The van der Waals surface area contributed by atoms with Gasteiger partial charge in [0.25, 0.3) is 0 Å². The molecule has 0 saturated carbocycles. The van der Waals surface area contributed by atoms with E-state index in [9.17, 15) is 19.4 Å². The average Bonchev–Trinajstić information content (AvgIpc) is 2.52. The smallest absolute Gasteiger partial charge is 0.410 e. The highest BCUT2D eigenvalue weighted by atomic mass is 19.1. The maximum atomic E-state index is 13.3. The number of amides is 1. The van der Waals surface area contributed by atoms with Crippen LogP contribution < -0.4 is 0 Å². The fourth-order valence-electron chi connectivity index (χ4n) is 3.24. The summed E-state index contributed by atoms with van der Waals surface area (Å²) in [5.74, 6) is -0.817. The van der Waals surface area contributed by atoms with Crippen LogP contribution in [0.3, 0.4) is 0 Å². The first-order valence-corrected chi connectivity index (χ1v) is 8.23. The van der Waals surface area contributed by atoms with Crippen LogP contribution in [0.25, 0.3) is 0 Å². The summed E-state index contributed by atoms with van der Waals surface area (Å²) in [6, 6.07) is 5.43. The highest BCUT2D eigenvalue weighted by Gasteiger charge is 2.41. The summed E-state index contributed by atoms with van der Waals surface area (Å²) in [6.45, 7) is 5.56. The van der Waals surface area contributed by atoms with Crippen molar-refractivity contribution in [3.8, 4) is 0 Å². The Morgan fingerprint density at radius 2 is 1.88 bits per heavy atom. The lowest BCUT2D eigenvalue weighted by Crippen LogP contribution is -2.49. The van der Waals surface area contributed by atoms with Gasteiger partial charge in [0, 0.05) is 25.7 Å². The van der Waals surface area contributed by atoms with E-state index >= 15 is 0 Å². The molecule has 3 atom stereocenters. The van der Waals surface area contributed by atoms with Gasteiger partial charge < -0.3 is 19.8 Å². The minimum absolute atomic E-state index is 0.0644. The standard InChI is InChI=1S/C18H26FNO4/c1-18(2,3)24-17(23)20-9-8-13(10-21)15(11-22)16(20)12-4-6-14(19)7-5-12/h4-7,13,15-16,21-22H,8-11H2,1-3H3. The van der Waals surface area contributed by atoms with Crippen LogP contribution in [0, 0.1) is 17.7 Å². The van der Waals surface area contributed by atoms with Crippen LogP contribution in [0.15, 0.2) is 24.3 Å². The van der Waals surface area contributed by atoms with Gasteiger partial charge in [-0.1, -0.05) is 12.1 Å². The zero-order chi connectivity index (χ0) is 17.9. The van der Waals surface area contributed by atoms with Gasteiger partial charge in [-0.2, -0.15) is 0 Å². The van der Waals surface area contributed by atoms with Crippen molar-refractivity contribution in [1.82, 2.24) is 4.90 Å². The van der Waals surface area contributed by atoms with Crippen molar-refractivity contribution >= 4 is 6.09 Å². The number of nitrogens with zero attached hydrogens (tertiary/aromatic N) is 1.